The number of hydrogen-bond acceptors (Lipinski definition) is 5. The Morgan fingerprint density at radius 3 is 2.70 bits per heavy atom. The molecule has 1 N–H and O–H groups in total. The number of nitrogens with one attached hydrogen (secondary N) is 1. The first-order valence-corrected chi connectivity index (χ1v) is 8.60. The van der Waals surface area contributed by atoms with Crippen molar-refractivity contribution >= 4 is 27.3 Å². The Hall–Kier alpha value is -0.960. The van der Waals surface area contributed by atoms with Crippen molar-refractivity contribution in [2.75, 3.05) is 33.7 Å². The molecule has 1 unspecified atom stereocenters. The first-order valence-electron chi connectivity index (χ1n) is 6.34. The summed E-state index contributed by atoms with van der Waals surface area (Å²) in [7, 11) is -0.333. The first kappa shape index (κ1) is 15.4. The van der Waals surface area contributed by atoms with Crippen LogP contribution in [0.15, 0.2) is 16.3 Å². The lowest BCUT2D eigenvalue weighted by Crippen LogP contribution is -2.59. The van der Waals surface area contributed by atoms with E-state index in [1.807, 2.05) is 6.92 Å². The summed E-state index contributed by atoms with van der Waals surface area (Å²) < 4.78 is 27.0. The van der Waals surface area contributed by atoms with Crippen LogP contribution in [0.4, 0.5) is 0 Å². The predicted molar refractivity (Wildman–Crippen MR) is 78.3 cm³/mol. The molecule has 8 heteroatoms. The van der Waals surface area contributed by atoms with Crippen molar-refractivity contribution in [3.05, 3.63) is 17.0 Å². The number of carbonyl (C=O) groups is 1. The summed E-state index contributed by atoms with van der Waals surface area (Å²) >= 11 is 1.24. The monoisotopic (exact) mass is 317 g/mol. The van der Waals surface area contributed by atoms with Gasteiger partial charge in [0.25, 0.3) is 10.0 Å². The minimum Gasteiger partial charge on any atom is -0.347 e. The van der Waals surface area contributed by atoms with Crippen LogP contribution in [-0.2, 0) is 14.8 Å². The molecule has 1 aromatic heterocycles. The molecule has 1 amide bonds. The largest absolute Gasteiger partial charge is 0.347 e. The molecule has 1 fully saturated rings. The van der Waals surface area contributed by atoms with Gasteiger partial charge in [0.1, 0.15) is 10.3 Å². The minimum absolute atomic E-state index is 0.200. The Bertz CT molecular complexity index is 595. The topological polar surface area (TPSA) is 69.7 Å². The molecule has 1 aliphatic rings. The third-order valence-corrected chi connectivity index (χ3v) is 6.58. The van der Waals surface area contributed by atoms with Crippen molar-refractivity contribution in [2.45, 2.75) is 17.2 Å². The molecule has 20 heavy (non-hydrogen) atoms. The van der Waals surface area contributed by atoms with Gasteiger partial charge in [-0.2, -0.15) is 4.31 Å². The second kappa shape index (κ2) is 5.80. The second-order valence-electron chi connectivity index (χ2n) is 4.93. The Kier molecular flexibility index (Phi) is 4.48. The maximum Gasteiger partial charge on any atom is 0.253 e. The maximum absolute atomic E-state index is 12.7. The van der Waals surface area contributed by atoms with Crippen LogP contribution < -0.4 is 5.32 Å². The number of aryl methyl sites for hydroxylation is 1. The molecule has 0 aromatic carbocycles. The van der Waals surface area contributed by atoms with Gasteiger partial charge in [-0.3, -0.25) is 4.79 Å². The van der Waals surface area contributed by atoms with E-state index >= 15 is 0 Å². The molecular weight excluding hydrogens is 298 g/mol. The van der Waals surface area contributed by atoms with E-state index < -0.39 is 16.1 Å². The van der Waals surface area contributed by atoms with Crippen LogP contribution in [-0.4, -0.2) is 63.3 Å². The van der Waals surface area contributed by atoms with E-state index in [0.717, 1.165) is 4.88 Å². The fraction of sp³-hybridized carbons (Fsp3) is 0.583. The van der Waals surface area contributed by atoms with Crippen LogP contribution in [0.25, 0.3) is 0 Å². The van der Waals surface area contributed by atoms with Gasteiger partial charge in [-0.15, -0.1) is 11.3 Å². The lowest BCUT2D eigenvalue weighted by Gasteiger charge is -2.35. The van der Waals surface area contributed by atoms with Crippen molar-refractivity contribution in [3.63, 3.8) is 0 Å². The Labute approximate surface area is 123 Å². The van der Waals surface area contributed by atoms with Crippen molar-refractivity contribution in [3.8, 4) is 0 Å². The number of amides is 1. The highest BCUT2D eigenvalue weighted by atomic mass is 32.2. The standard InChI is InChI=1S/C12H19N3O3S2/c1-9-4-5-11(19-9)20(17,18)15-7-6-13-8-10(15)12(16)14(2)3/h4-5,10,13H,6-8H2,1-3H3. The third kappa shape index (κ3) is 2.88. The van der Waals surface area contributed by atoms with Crippen LogP contribution in [0.3, 0.4) is 0 Å². The summed E-state index contributed by atoms with van der Waals surface area (Å²) in [6.07, 6.45) is 0. The highest BCUT2D eigenvalue weighted by molar-refractivity contribution is 7.91. The van der Waals surface area contributed by atoms with Gasteiger partial charge in [-0.1, -0.05) is 0 Å². The molecule has 0 bridgehead atoms. The van der Waals surface area contributed by atoms with Crippen molar-refractivity contribution in [2.24, 2.45) is 0 Å². The third-order valence-electron chi connectivity index (χ3n) is 3.20. The first-order chi connectivity index (χ1) is 9.34. The average molecular weight is 317 g/mol. The van der Waals surface area contributed by atoms with Gasteiger partial charge in [0.15, 0.2) is 0 Å². The van der Waals surface area contributed by atoms with E-state index in [1.165, 1.54) is 20.5 Å². The highest BCUT2D eigenvalue weighted by Crippen LogP contribution is 2.26. The average Bonchev–Trinajstić information content (AvgIpc) is 2.85. The molecule has 2 heterocycles. The van der Waals surface area contributed by atoms with Gasteiger partial charge in [-0.05, 0) is 19.1 Å². The van der Waals surface area contributed by atoms with Crippen molar-refractivity contribution in [1.82, 2.24) is 14.5 Å². The summed E-state index contributed by atoms with van der Waals surface area (Å²) in [6.45, 7) is 3.08. The maximum atomic E-state index is 12.7. The summed E-state index contributed by atoms with van der Waals surface area (Å²) in [4.78, 5) is 14.5. The van der Waals surface area contributed by atoms with Gasteiger partial charge in [0, 0.05) is 38.6 Å². The minimum atomic E-state index is -3.60. The number of likely N-dealkylation sites (N-methyl/N-ethyl adjacent to an activating group) is 1. The van der Waals surface area contributed by atoms with E-state index in [0.29, 0.717) is 23.8 Å². The Balaban J connectivity index is 2.34. The van der Waals surface area contributed by atoms with E-state index in [4.69, 9.17) is 0 Å². The molecule has 112 valence electrons. The van der Waals surface area contributed by atoms with Crippen LogP contribution in [0.2, 0.25) is 0 Å². The fourth-order valence-corrected chi connectivity index (χ4v) is 5.14. The lowest BCUT2D eigenvalue weighted by atomic mass is 10.2. The molecule has 1 saturated heterocycles. The van der Waals surface area contributed by atoms with Gasteiger partial charge < -0.3 is 10.2 Å². The van der Waals surface area contributed by atoms with Gasteiger partial charge >= 0.3 is 0 Å². The van der Waals surface area contributed by atoms with Crippen LogP contribution in [0, 0.1) is 6.92 Å². The number of thiophene rings is 1. The zero-order valence-corrected chi connectivity index (χ0v) is 13.4. The Morgan fingerprint density at radius 2 is 2.15 bits per heavy atom. The molecule has 0 spiro atoms. The van der Waals surface area contributed by atoms with Crippen LogP contribution in [0.1, 0.15) is 4.88 Å². The molecule has 0 aliphatic carbocycles. The zero-order valence-electron chi connectivity index (χ0n) is 11.8. The number of nitrogens with zero attached hydrogens (tertiary/aromatic N) is 2. The highest BCUT2D eigenvalue weighted by Gasteiger charge is 2.38. The number of carbonyl (C=O) groups excluding carboxylic acids is 1. The van der Waals surface area contributed by atoms with Gasteiger partial charge in [0.05, 0.1) is 0 Å². The molecular formula is C12H19N3O3S2. The van der Waals surface area contributed by atoms with E-state index in [-0.39, 0.29) is 5.91 Å². The SMILES string of the molecule is Cc1ccc(S(=O)(=O)N2CCNCC2C(=O)N(C)C)s1. The van der Waals surface area contributed by atoms with Gasteiger partial charge in [-0.25, -0.2) is 8.42 Å². The predicted octanol–water partition coefficient (Wildman–Crippen LogP) is 0.107. The molecule has 2 rings (SSSR count). The van der Waals surface area contributed by atoms with E-state index in [1.54, 1.807) is 26.2 Å². The summed E-state index contributed by atoms with van der Waals surface area (Å²) in [5.41, 5.74) is 0. The summed E-state index contributed by atoms with van der Waals surface area (Å²) in [5.74, 6) is -0.200. The molecule has 1 aromatic rings. The number of piperazine rings is 1. The molecule has 6 nitrogen and oxygen atoms in total. The van der Waals surface area contributed by atoms with Crippen molar-refractivity contribution in [1.29, 1.82) is 0 Å². The van der Waals surface area contributed by atoms with Gasteiger partial charge in [0.2, 0.25) is 5.91 Å². The quantitative estimate of drug-likeness (QED) is 0.859. The second-order valence-corrected chi connectivity index (χ2v) is 8.34. The normalized spacial score (nSPS) is 20.9. The number of hydrogen-bond donors (Lipinski definition) is 1. The molecule has 1 atom stereocenters. The van der Waals surface area contributed by atoms with E-state index in [9.17, 15) is 13.2 Å². The van der Waals surface area contributed by atoms with Crippen LogP contribution in [0.5, 0.6) is 0 Å². The Morgan fingerprint density at radius 1 is 1.45 bits per heavy atom. The smallest absolute Gasteiger partial charge is 0.253 e. The van der Waals surface area contributed by atoms with E-state index in [2.05, 4.69) is 5.32 Å². The number of sulfonamides is 1. The van der Waals surface area contributed by atoms with Crippen molar-refractivity contribution < 1.29 is 13.2 Å². The summed E-state index contributed by atoms with van der Waals surface area (Å²) in [5, 5.41) is 3.08. The number of rotatable bonds is 3. The molecule has 1 aliphatic heterocycles. The molecule has 0 radical (unpaired) electrons. The lowest BCUT2D eigenvalue weighted by molar-refractivity contribution is -0.133. The summed E-state index contributed by atoms with van der Waals surface area (Å²) in [6, 6.07) is 2.71. The fourth-order valence-electron chi connectivity index (χ4n) is 2.15. The molecule has 0 saturated carbocycles. The van der Waals surface area contributed by atoms with Crippen LogP contribution >= 0.6 is 11.3 Å². The zero-order chi connectivity index (χ0) is 14.9.